The lowest BCUT2D eigenvalue weighted by molar-refractivity contribution is 0.262. The zero-order valence-corrected chi connectivity index (χ0v) is 31.4. The third-order valence-electron chi connectivity index (χ3n) is 10.4. The molecule has 0 saturated carbocycles. The van der Waals surface area contributed by atoms with Gasteiger partial charge in [-0.3, -0.25) is 0 Å². The summed E-state index contributed by atoms with van der Waals surface area (Å²) in [5.41, 5.74) is 0. The quantitative estimate of drug-likeness (QED) is 0.278. The van der Waals surface area contributed by atoms with Gasteiger partial charge >= 0.3 is 0 Å². The molecule has 0 nitrogen and oxygen atoms in total. The highest BCUT2D eigenvalue weighted by molar-refractivity contribution is 8.30. The van der Waals surface area contributed by atoms with Crippen LogP contribution in [0, 0.1) is 47.3 Å². The van der Waals surface area contributed by atoms with Gasteiger partial charge in [0.15, 0.2) is 0 Å². The minimum Gasteiger partial charge on any atom is -0.0918 e. The summed E-state index contributed by atoms with van der Waals surface area (Å²) in [7, 11) is 0. The molecule has 2 aromatic carbocycles. The monoisotopic (exact) mass is 720 g/mol. The number of fused-ring (bicyclic) bond motifs is 6. The van der Waals surface area contributed by atoms with Crippen molar-refractivity contribution in [1.82, 2.24) is 0 Å². The zero-order valence-electron chi connectivity index (χ0n) is 24.9. The first-order valence-electron chi connectivity index (χ1n) is 15.8. The smallest absolute Gasteiger partial charge is 0.0706 e. The number of hydrogen-bond donors (Lipinski definition) is 0. The second-order valence-electron chi connectivity index (χ2n) is 13.7. The van der Waals surface area contributed by atoms with E-state index in [-0.39, 0.29) is 0 Å². The summed E-state index contributed by atoms with van der Waals surface area (Å²) in [6.45, 7) is 9.67. The molecule has 0 fully saturated rings. The molecule has 0 saturated heterocycles. The lowest BCUT2D eigenvalue weighted by Gasteiger charge is -2.44. The standard InChI is InChI=1S/C36H32S8/c1-15(2)21-9-17-5-7-19(21)33-31(17)37-23-11-27-29(13-25(23)39-33)43-35(41-27)36-42-28-12-24-26(14-30(28)44-36)40-34-20-8-6-18(32(34)38-24)10-22(20)16(3)4/h5-8,11-22H,9-10H2,1-4H3/b36-35+. The van der Waals surface area contributed by atoms with Crippen molar-refractivity contribution >= 4 is 94.1 Å². The molecular formula is C36H32S8. The van der Waals surface area contributed by atoms with Gasteiger partial charge in [-0.05, 0) is 60.8 Å². The van der Waals surface area contributed by atoms with Gasteiger partial charge in [-0.25, -0.2) is 0 Å². The average Bonchev–Trinajstić information content (AvgIpc) is 3.64. The zero-order chi connectivity index (χ0) is 29.4. The van der Waals surface area contributed by atoms with Crippen LogP contribution in [0.3, 0.4) is 0 Å². The van der Waals surface area contributed by atoms with E-state index in [0.717, 1.165) is 23.7 Å². The van der Waals surface area contributed by atoms with E-state index in [0.29, 0.717) is 23.7 Å². The van der Waals surface area contributed by atoms with Crippen molar-refractivity contribution in [3.05, 3.63) is 76.7 Å². The van der Waals surface area contributed by atoms with Crippen LogP contribution < -0.4 is 0 Å². The van der Waals surface area contributed by atoms with Gasteiger partial charge in [-0.15, -0.1) is 0 Å². The molecule has 224 valence electrons. The van der Waals surface area contributed by atoms with Crippen molar-refractivity contribution in [2.75, 3.05) is 0 Å². The van der Waals surface area contributed by atoms with E-state index in [4.69, 9.17) is 0 Å². The van der Waals surface area contributed by atoms with Crippen LogP contribution in [0.2, 0.25) is 0 Å². The molecule has 4 bridgehead atoms. The van der Waals surface area contributed by atoms with Crippen LogP contribution in [-0.4, -0.2) is 0 Å². The van der Waals surface area contributed by atoms with Crippen LogP contribution in [0.15, 0.2) is 116 Å². The van der Waals surface area contributed by atoms with Gasteiger partial charge in [0.25, 0.3) is 0 Å². The van der Waals surface area contributed by atoms with Crippen LogP contribution in [0.5, 0.6) is 0 Å². The van der Waals surface area contributed by atoms with Gasteiger partial charge in [-0.1, -0.05) is 146 Å². The van der Waals surface area contributed by atoms with Crippen molar-refractivity contribution in [2.24, 2.45) is 47.3 Å². The minimum absolute atomic E-state index is 0.615. The maximum absolute atomic E-state index is 2.53. The Morgan fingerprint density at radius 3 is 1.09 bits per heavy atom. The third-order valence-corrected chi connectivity index (χ3v) is 21.7. The van der Waals surface area contributed by atoms with Crippen molar-refractivity contribution in [1.29, 1.82) is 0 Å². The molecule has 2 aromatic rings. The van der Waals surface area contributed by atoms with E-state index in [2.05, 4.69) is 123 Å². The second-order valence-corrected chi connectivity index (χ2v) is 22.7. The molecule has 0 spiro atoms. The Morgan fingerprint density at radius 2 is 0.750 bits per heavy atom. The summed E-state index contributed by atoms with van der Waals surface area (Å²) in [5.74, 6) is 5.55. The van der Waals surface area contributed by atoms with Gasteiger partial charge in [0, 0.05) is 82.5 Å². The van der Waals surface area contributed by atoms with Gasteiger partial charge in [-0.2, -0.15) is 0 Å². The van der Waals surface area contributed by atoms with Crippen LogP contribution in [0.4, 0.5) is 0 Å². The maximum Gasteiger partial charge on any atom is 0.0706 e. The van der Waals surface area contributed by atoms with Crippen LogP contribution >= 0.6 is 94.1 Å². The summed E-state index contributed by atoms with van der Waals surface area (Å²) >= 11 is 16.4. The third kappa shape index (κ3) is 4.43. The number of benzene rings is 2. The first-order chi connectivity index (χ1) is 21.4. The van der Waals surface area contributed by atoms with Crippen LogP contribution in [-0.2, 0) is 0 Å². The Bertz CT molecular complexity index is 1690. The minimum atomic E-state index is 0.615. The molecule has 6 aliphatic carbocycles. The number of allylic oxidation sites excluding steroid dienone is 8. The molecule has 0 aromatic heterocycles. The summed E-state index contributed by atoms with van der Waals surface area (Å²) in [5, 5.41) is 0. The molecule has 6 unspecified atom stereocenters. The molecule has 4 heterocycles. The number of thioether (sulfide) groups is 8. The van der Waals surface area contributed by atoms with Crippen molar-refractivity contribution in [3.8, 4) is 0 Å². The number of rotatable bonds is 2. The molecule has 8 heteroatoms. The summed E-state index contributed by atoms with van der Waals surface area (Å²) in [6, 6.07) is 10.0. The second kappa shape index (κ2) is 10.7. The normalized spacial score (nSPS) is 33.7. The summed E-state index contributed by atoms with van der Waals surface area (Å²) in [4.78, 5) is 18.3. The van der Waals surface area contributed by atoms with Crippen LogP contribution in [0.1, 0.15) is 40.5 Å². The molecule has 4 aliphatic heterocycles. The summed E-state index contributed by atoms with van der Waals surface area (Å²) < 4.78 is 2.95. The van der Waals surface area contributed by atoms with Crippen LogP contribution in [0.25, 0.3) is 0 Å². The topological polar surface area (TPSA) is 0 Å². The van der Waals surface area contributed by atoms with Gasteiger partial charge < -0.3 is 0 Å². The van der Waals surface area contributed by atoms with Crippen molar-refractivity contribution < 1.29 is 0 Å². The van der Waals surface area contributed by atoms with E-state index >= 15 is 0 Å². The Balaban J connectivity index is 0.901. The SMILES string of the molecule is CC(C)C1CC2C=CC1C1=C2Sc2cc3c(cc2S1)S/C(=C1\Sc2cc4c(cc2S1)SC1=C(S4)C2C=CC1C(C(C)C)C2)S3. The highest BCUT2D eigenvalue weighted by Crippen LogP contribution is 2.67. The number of hydrogen-bond acceptors (Lipinski definition) is 8. The van der Waals surface area contributed by atoms with Crippen molar-refractivity contribution in [2.45, 2.75) is 79.7 Å². The summed E-state index contributed by atoms with van der Waals surface area (Å²) in [6.07, 6.45) is 12.8. The molecule has 0 radical (unpaired) electrons. The molecule has 6 atom stereocenters. The van der Waals surface area contributed by atoms with E-state index in [1.54, 1.807) is 19.6 Å². The Labute approximate surface area is 295 Å². The Kier molecular flexibility index (Phi) is 7.04. The Morgan fingerprint density at radius 1 is 0.432 bits per heavy atom. The molecule has 0 N–H and O–H groups in total. The molecule has 10 aliphatic rings. The van der Waals surface area contributed by atoms with Crippen molar-refractivity contribution in [3.63, 3.8) is 0 Å². The highest BCUT2D eigenvalue weighted by Gasteiger charge is 2.44. The molecule has 0 amide bonds. The lowest BCUT2D eigenvalue weighted by Crippen LogP contribution is -2.32. The predicted octanol–water partition coefficient (Wildman–Crippen LogP) is 13.7. The van der Waals surface area contributed by atoms with Gasteiger partial charge in [0.1, 0.15) is 0 Å². The van der Waals surface area contributed by atoms with E-state index in [1.807, 2.05) is 47.0 Å². The first kappa shape index (κ1) is 28.9. The predicted molar refractivity (Wildman–Crippen MR) is 199 cm³/mol. The molecule has 44 heavy (non-hydrogen) atoms. The first-order valence-corrected chi connectivity index (χ1v) is 22.3. The Hall–Kier alpha value is -0.0600. The molecule has 12 rings (SSSR count). The average molecular weight is 721 g/mol. The maximum atomic E-state index is 2.53. The highest BCUT2D eigenvalue weighted by atomic mass is 32.2. The fourth-order valence-electron chi connectivity index (χ4n) is 8.10. The van der Waals surface area contributed by atoms with Gasteiger partial charge in [0.05, 0.1) is 8.47 Å². The van der Waals surface area contributed by atoms with E-state index < -0.39 is 0 Å². The van der Waals surface area contributed by atoms with E-state index in [1.165, 1.54) is 60.5 Å². The lowest BCUT2D eigenvalue weighted by atomic mass is 9.69. The van der Waals surface area contributed by atoms with Gasteiger partial charge in [0.2, 0.25) is 0 Å². The fraction of sp³-hybridized carbons (Fsp3) is 0.389. The largest absolute Gasteiger partial charge is 0.0918 e. The molecular weight excluding hydrogens is 689 g/mol. The fourth-order valence-corrected chi connectivity index (χ4v) is 19.5. The van der Waals surface area contributed by atoms with E-state index in [9.17, 15) is 0 Å².